The highest BCUT2D eigenvalue weighted by molar-refractivity contribution is 14.0. The van der Waals surface area contributed by atoms with Gasteiger partial charge in [0.25, 0.3) is 0 Å². The third kappa shape index (κ3) is 8.22. The summed E-state index contributed by atoms with van der Waals surface area (Å²) >= 11 is 0. The summed E-state index contributed by atoms with van der Waals surface area (Å²) in [7, 11) is 3.94. The maximum Gasteiger partial charge on any atom is 0.191 e. The zero-order valence-electron chi connectivity index (χ0n) is 15.3. The first-order valence-electron chi connectivity index (χ1n) is 8.62. The molecule has 142 valence electrons. The van der Waals surface area contributed by atoms with Gasteiger partial charge in [0.1, 0.15) is 17.7 Å². The molecule has 1 heterocycles. The van der Waals surface area contributed by atoms with Crippen LogP contribution in [0.4, 0.5) is 4.39 Å². The molecule has 0 aromatic heterocycles. The fourth-order valence-corrected chi connectivity index (χ4v) is 2.78. The van der Waals surface area contributed by atoms with Crippen LogP contribution in [0.25, 0.3) is 0 Å². The molecule has 1 atom stereocenters. The Kier molecular flexibility index (Phi) is 10.1. The summed E-state index contributed by atoms with van der Waals surface area (Å²) in [6.45, 7) is 5.81. The summed E-state index contributed by atoms with van der Waals surface area (Å²) in [5.41, 5.74) is 0. The van der Waals surface area contributed by atoms with Crippen molar-refractivity contribution in [1.82, 2.24) is 15.5 Å². The molecule has 0 radical (unpaired) electrons. The molecule has 2 rings (SSSR count). The molecule has 0 amide bonds. The van der Waals surface area contributed by atoms with Crippen LogP contribution in [0.15, 0.2) is 29.3 Å². The molecule has 1 aromatic rings. The van der Waals surface area contributed by atoms with E-state index in [4.69, 9.17) is 4.74 Å². The number of ether oxygens (including phenoxy) is 1. The maximum atomic E-state index is 13.2. The Labute approximate surface area is 167 Å². The molecule has 1 fully saturated rings. The molecule has 1 aliphatic rings. The summed E-state index contributed by atoms with van der Waals surface area (Å²) in [6.07, 6.45) is 2.35. The van der Waals surface area contributed by atoms with Gasteiger partial charge < -0.3 is 20.3 Å². The van der Waals surface area contributed by atoms with Gasteiger partial charge in [-0.2, -0.15) is 0 Å². The van der Waals surface area contributed by atoms with Crippen LogP contribution in [0, 0.1) is 11.7 Å². The van der Waals surface area contributed by atoms with Crippen molar-refractivity contribution in [3.63, 3.8) is 0 Å². The molecule has 1 unspecified atom stereocenters. The van der Waals surface area contributed by atoms with E-state index in [-0.39, 0.29) is 35.9 Å². The molecule has 0 spiro atoms. The van der Waals surface area contributed by atoms with E-state index in [1.54, 1.807) is 19.2 Å². The fourth-order valence-electron chi connectivity index (χ4n) is 2.78. The van der Waals surface area contributed by atoms with Crippen molar-refractivity contribution in [3.8, 4) is 5.75 Å². The van der Waals surface area contributed by atoms with Crippen molar-refractivity contribution in [2.45, 2.75) is 25.9 Å². The second-order valence-corrected chi connectivity index (χ2v) is 6.47. The molecule has 0 saturated carbocycles. The SMILES string of the molecule is CN=C(NCC1CCN(C)CC1)NCC(C)Oc1cccc(F)c1.I. The predicted octanol–water partition coefficient (Wildman–Crippen LogP) is 2.72. The summed E-state index contributed by atoms with van der Waals surface area (Å²) in [5.74, 6) is 1.73. The van der Waals surface area contributed by atoms with Gasteiger partial charge in [-0.25, -0.2) is 4.39 Å². The Morgan fingerprint density at radius 3 is 2.72 bits per heavy atom. The molecular weight excluding hydrogens is 434 g/mol. The molecule has 25 heavy (non-hydrogen) atoms. The first kappa shape index (κ1) is 22.0. The van der Waals surface area contributed by atoms with Crippen molar-refractivity contribution in [3.05, 3.63) is 30.1 Å². The van der Waals surface area contributed by atoms with Crippen LogP contribution in [0.2, 0.25) is 0 Å². The summed E-state index contributed by atoms with van der Waals surface area (Å²) < 4.78 is 18.9. The quantitative estimate of drug-likeness (QED) is 0.386. The van der Waals surface area contributed by atoms with E-state index in [0.29, 0.717) is 18.2 Å². The lowest BCUT2D eigenvalue weighted by molar-refractivity contribution is 0.217. The highest BCUT2D eigenvalue weighted by atomic mass is 127. The van der Waals surface area contributed by atoms with Crippen LogP contribution in [-0.4, -0.2) is 57.2 Å². The largest absolute Gasteiger partial charge is 0.489 e. The monoisotopic (exact) mass is 464 g/mol. The van der Waals surface area contributed by atoms with Gasteiger partial charge in [-0.05, 0) is 58.0 Å². The number of nitrogens with zero attached hydrogens (tertiary/aromatic N) is 2. The predicted molar refractivity (Wildman–Crippen MR) is 111 cm³/mol. The fraction of sp³-hybridized carbons (Fsp3) is 0.611. The third-order valence-electron chi connectivity index (χ3n) is 4.31. The summed E-state index contributed by atoms with van der Waals surface area (Å²) in [5, 5.41) is 6.65. The maximum absolute atomic E-state index is 13.2. The molecule has 0 aliphatic carbocycles. The zero-order valence-corrected chi connectivity index (χ0v) is 17.6. The number of piperidine rings is 1. The second kappa shape index (κ2) is 11.5. The third-order valence-corrected chi connectivity index (χ3v) is 4.31. The van der Waals surface area contributed by atoms with Crippen LogP contribution in [0.1, 0.15) is 19.8 Å². The topological polar surface area (TPSA) is 48.9 Å². The van der Waals surface area contributed by atoms with Gasteiger partial charge in [-0.3, -0.25) is 4.99 Å². The number of hydrogen-bond donors (Lipinski definition) is 2. The van der Waals surface area contributed by atoms with E-state index in [2.05, 4.69) is 27.6 Å². The Morgan fingerprint density at radius 2 is 2.08 bits per heavy atom. The number of halogens is 2. The lowest BCUT2D eigenvalue weighted by atomic mass is 9.97. The number of rotatable bonds is 6. The molecule has 1 aromatic carbocycles. The van der Waals surface area contributed by atoms with E-state index in [1.807, 2.05) is 6.92 Å². The normalized spacial score (nSPS) is 17.5. The highest BCUT2D eigenvalue weighted by Crippen LogP contribution is 2.15. The van der Waals surface area contributed by atoms with Gasteiger partial charge in [-0.15, -0.1) is 24.0 Å². The zero-order chi connectivity index (χ0) is 17.4. The highest BCUT2D eigenvalue weighted by Gasteiger charge is 2.16. The Morgan fingerprint density at radius 1 is 1.36 bits per heavy atom. The molecule has 2 N–H and O–H groups in total. The Bertz CT molecular complexity index is 536. The van der Waals surface area contributed by atoms with Crippen LogP contribution >= 0.6 is 24.0 Å². The van der Waals surface area contributed by atoms with Crippen LogP contribution in [-0.2, 0) is 0 Å². The molecule has 0 bridgehead atoms. The van der Waals surface area contributed by atoms with Gasteiger partial charge in [0.05, 0.1) is 6.54 Å². The number of nitrogens with one attached hydrogen (secondary N) is 2. The molecular formula is C18H30FIN4O. The number of likely N-dealkylation sites (tertiary alicyclic amines) is 1. The minimum atomic E-state index is -0.289. The number of benzene rings is 1. The van der Waals surface area contributed by atoms with E-state index in [1.165, 1.54) is 25.0 Å². The summed E-state index contributed by atoms with van der Waals surface area (Å²) in [4.78, 5) is 6.62. The van der Waals surface area contributed by atoms with E-state index in [9.17, 15) is 4.39 Å². The molecule has 1 saturated heterocycles. The standard InChI is InChI=1S/C18H29FN4O.HI/c1-14(24-17-6-4-5-16(19)11-17)12-21-18(20-2)22-13-15-7-9-23(3)10-8-15;/h4-6,11,14-15H,7-10,12-13H2,1-3H3,(H2,20,21,22);1H. The van der Waals surface area contributed by atoms with Crippen LogP contribution < -0.4 is 15.4 Å². The molecule has 5 nitrogen and oxygen atoms in total. The number of hydrogen-bond acceptors (Lipinski definition) is 3. The molecule has 7 heteroatoms. The Balaban J connectivity index is 0.00000312. The average molecular weight is 464 g/mol. The van der Waals surface area contributed by atoms with Crippen molar-refractivity contribution in [1.29, 1.82) is 0 Å². The van der Waals surface area contributed by atoms with E-state index < -0.39 is 0 Å². The minimum absolute atomic E-state index is 0. The van der Waals surface area contributed by atoms with Gasteiger partial charge in [-0.1, -0.05) is 6.07 Å². The lowest BCUT2D eigenvalue weighted by Gasteiger charge is -2.29. The first-order chi connectivity index (χ1) is 11.6. The Hall–Kier alpha value is -1.09. The van der Waals surface area contributed by atoms with E-state index >= 15 is 0 Å². The minimum Gasteiger partial charge on any atom is -0.489 e. The van der Waals surface area contributed by atoms with Crippen molar-refractivity contribution < 1.29 is 9.13 Å². The van der Waals surface area contributed by atoms with Crippen LogP contribution in [0.5, 0.6) is 5.75 Å². The average Bonchev–Trinajstić information content (AvgIpc) is 2.56. The van der Waals surface area contributed by atoms with Crippen molar-refractivity contribution in [2.24, 2.45) is 10.9 Å². The van der Waals surface area contributed by atoms with Gasteiger partial charge >= 0.3 is 0 Å². The van der Waals surface area contributed by atoms with Gasteiger partial charge in [0, 0.05) is 19.7 Å². The van der Waals surface area contributed by atoms with Crippen LogP contribution in [0.3, 0.4) is 0 Å². The second-order valence-electron chi connectivity index (χ2n) is 6.47. The smallest absolute Gasteiger partial charge is 0.191 e. The number of guanidine groups is 1. The lowest BCUT2D eigenvalue weighted by Crippen LogP contribution is -2.44. The number of aliphatic imine (C=N–C) groups is 1. The first-order valence-corrected chi connectivity index (χ1v) is 8.62. The molecule has 1 aliphatic heterocycles. The van der Waals surface area contributed by atoms with Gasteiger partial charge in [0.2, 0.25) is 0 Å². The van der Waals surface area contributed by atoms with Crippen molar-refractivity contribution >= 4 is 29.9 Å². The van der Waals surface area contributed by atoms with Gasteiger partial charge in [0.15, 0.2) is 5.96 Å². The summed E-state index contributed by atoms with van der Waals surface area (Å²) in [6, 6.07) is 6.20. The van der Waals surface area contributed by atoms with E-state index in [0.717, 1.165) is 25.6 Å². The van der Waals surface area contributed by atoms with Crippen molar-refractivity contribution in [2.75, 3.05) is 40.3 Å².